The Bertz CT molecular complexity index is 2370. The lowest BCUT2D eigenvalue weighted by atomic mass is 9.89. The van der Waals surface area contributed by atoms with Gasteiger partial charge in [0, 0.05) is 27.9 Å². The highest BCUT2D eigenvalue weighted by Crippen LogP contribution is 2.43. The highest BCUT2D eigenvalue weighted by molar-refractivity contribution is 6.30. The topological polar surface area (TPSA) is 76.9 Å². The van der Waals surface area contributed by atoms with Crippen molar-refractivity contribution in [2.24, 2.45) is 0 Å². The number of pyridine rings is 1. The summed E-state index contributed by atoms with van der Waals surface area (Å²) in [6.07, 6.45) is 3.54. The fourth-order valence-corrected chi connectivity index (χ4v) is 6.28. The van der Waals surface area contributed by atoms with E-state index in [1.54, 1.807) is 6.26 Å². The van der Waals surface area contributed by atoms with Gasteiger partial charge in [0.05, 0.1) is 18.6 Å². The lowest BCUT2D eigenvalue weighted by molar-refractivity contribution is 0.326. The van der Waals surface area contributed by atoms with Crippen molar-refractivity contribution in [3.8, 4) is 51.5 Å². The highest BCUT2D eigenvalue weighted by Gasteiger charge is 2.24. The van der Waals surface area contributed by atoms with Gasteiger partial charge in [-0.2, -0.15) is 10.4 Å². The lowest BCUT2D eigenvalue weighted by Crippen LogP contribution is -2.01. The largest absolute Gasteiger partial charge is 0.477 e. The van der Waals surface area contributed by atoms with Crippen LogP contribution in [0.15, 0.2) is 114 Å². The van der Waals surface area contributed by atoms with Crippen LogP contribution in [0.3, 0.4) is 0 Å². The van der Waals surface area contributed by atoms with Gasteiger partial charge >= 0.3 is 0 Å². The van der Waals surface area contributed by atoms with Crippen LogP contribution in [0.5, 0.6) is 5.88 Å². The Labute approximate surface area is 257 Å². The summed E-state index contributed by atoms with van der Waals surface area (Å²) in [5.41, 5.74) is 4.75. The molecule has 44 heavy (non-hydrogen) atoms. The van der Waals surface area contributed by atoms with Gasteiger partial charge in [-0.15, -0.1) is 0 Å². The van der Waals surface area contributed by atoms with Gasteiger partial charge in [0.15, 0.2) is 5.76 Å². The van der Waals surface area contributed by atoms with Gasteiger partial charge in [-0.3, -0.25) is 0 Å². The van der Waals surface area contributed by atoms with Crippen LogP contribution in [0.1, 0.15) is 12.5 Å². The monoisotopic (exact) mass is 590 g/mol. The molecule has 0 N–H and O–H groups in total. The first kappa shape index (κ1) is 26.0. The van der Waals surface area contributed by atoms with E-state index >= 15 is 0 Å². The zero-order valence-corrected chi connectivity index (χ0v) is 24.3. The van der Waals surface area contributed by atoms with E-state index in [1.165, 1.54) is 21.5 Å². The molecule has 0 spiro atoms. The SMILES string of the molecule is CCOc1nc(-c2ccco2)cc(-c2cn(-c3cccc(Cl)c3)nc2-c2ccc3ccc4cccc5ccc2c3c45)c1C#N. The maximum absolute atomic E-state index is 10.4. The Hall–Kier alpha value is -5.64. The first-order valence-electron chi connectivity index (χ1n) is 14.3. The number of furan rings is 1. The number of benzene rings is 5. The van der Waals surface area contributed by atoms with Crippen molar-refractivity contribution in [2.75, 3.05) is 6.61 Å². The maximum Gasteiger partial charge on any atom is 0.232 e. The molecule has 0 radical (unpaired) electrons. The molecule has 6 nitrogen and oxygen atoms in total. The van der Waals surface area contributed by atoms with Crippen LogP contribution < -0.4 is 4.74 Å². The van der Waals surface area contributed by atoms with E-state index in [4.69, 9.17) is 25.9 Å². The first-order chi connectivity index (χ1) is 21.6. The molecule has 0 amide bonds. The number of halogens is 1. The summed E-state index contributed by atoms with van der Waals surface area (Å²) in [5.74, 6) is 0.818. The van der Waals surface area contributed by atoms with Gasteiger partial charge in [0.25, 0.3) is 0 Å². The fraction of sp³-hybridized carbons (Fsp3) is 0.0541. The number of nitrogens with zero attached hydrogens (tertiary/aromatic N) is 4. The van der Waals surface area contributed by atoms with Crippen molar-refractivity contribution in [3.63, 3.8) is 0 Å². The molecule has 8 aromatic rings. The molecule has 0 atom stereocenters. The summed E-state index contributed by atoms with van der Waals surface area (Å²) >= 11 is 6.40. The normalized spacial score (nSPS) is 11.5. The molecular weight excluding hydrogens is 568 g/mol. The van der Waals surface area contributed by atoms with Gasteiger partial charge in [-0.05, 0) is 75.6 Å². The smallest absolute Gasteiger partial charge is 0.232 e. The number of rotatable bonds is 6. The molecule has 0 aliphatic heterocycles. The Balaban J connectivity index is 1.47. The predicted octanol–water partition coefficient (Wildman–Crippen LogP) is 9.68. The number of nitriles is 1. The Morgan fingerprint density at radius 1 is 0.841 bits per heavy atom. The lowest BCUT2D eigenvalue weighted by Gasteiger charge is -2.15. The minimum absolute atomic E-state index is 0.246. The molecule has 0 aliphatic rings. The first-order valence-corrected chi connectivity index (χ1v) is 14.7. The summed E-state index contributed by atoms with van der Waals surface area (Å²) < 4.78 is 13.4. The molecule has 5 aromatic carbocycles. The van der Waals surface area contributed by atoms with Crippen LogP contribution in [0, 0.1) is 11.3 Å². The third-order valence-corrected chi connectivity index (χ3v) is 8.25. The molecule has 7 heteroatoms. The second kappa shape index (κ2) is 10.3. The van der Waals surface area contributed by atoms with Crippen LogP contribution in [0.25, 0.3) is 71.8 Å². The quantitative estimate of drug-likeness (QED) is 0.180. The van der Waals surface area contributed by atoms with Crippen molar-refractivity contribution < 1.29 is 9.15 Å². The van der Waals surface area contributed by atoms with Gasteiger partial charge in [0.2, 0.25) is 5.88 Å². The molecular formula is C37H23ClN4O2. The van der Waals surface area contributed by atoms with Crippen molar-refractivity contribution >= 4 is 43.9 Å². The second-order valence-electron chi connectivity index (χ2n) is 10.5. The molecule has 8 rings (SSSR count). The highest BCUT2D eigenvalue weighted by atomic mass is 35.5. The summed E-state index contributed by atoms with van der Waals surface area (Å²) in [5, 5.41) is 23.2. The zero-order valence-electron chi connectivity index (χ0n) is 23.6. The molecule has 3 aromatic heterocycles. The van der Waals surface area contributed by atoms with E-state index in [1.807, 2.05) is 60.3 Å². The maximum atomic E-state index is 10.4. The molecule has 0 saturated carbocycles. The number of hydrogen-bond donors (Lipinski definition) is 0. The third-order valence-electron chi connectivity index (χ3n) is 8.01. The molecule has 0 unspecified atom stereocenters. The second-order valence-corrected chi connectivity index (χ2v) is 11.0. The van der Waals surface area contributed by atoms with E-state index in [0.717, 1.165) is 33.3 Å². The summed E-state index contributed by atoms with van der Waals surface area (Å²) in [6.45, 7) is 2.22. The van der Waals surface area contributed by atoms with Crippen molar-refractivity contribution in [2.45, 2.75) is 6.92 Å². The Morgan fingerprint density at radius 3 is 2.36 bits per heavy atom. The minimum atomic E-state index is 0.246. The predicted molar refractivity (Wildman–Crippen MR) is 175 cm³/mol. The molecule has 0 fully saturated rings. The Kier molecular flexibility index (Phi) is 6.07. The molecule has 0 bridgehead atoms. The van der Waals surface area contributed by atoms with Crippen molar-refractivity contribution in [1.29, 1.82) is 5.26 Å². The zero-order chi connectivity index (χ0) is 29.8. The minimum Gasteiger partial charge on any atom is -0.477 e. The molecule has 0 aliphatic carbocycles. The summed E-state index contributed by atoms with van der Waals surface area (Å²) in [4.78, 5) is 4.66. The Morgan fingerprint density at radius 2 is 1.61 bits per heavy atom. The van der Waals surface area contributed by atoms with E-state index in [9.17, 15) is 5.26 Å². The van der Waals surface area contributed by atoms with E-state index in [2.05, 4.69) is 65.7 Å². The standard InChI is InChI=1S/C37H23ClN4O2/c1-2-43-37-30(20-39)29(19-32(40-37)33-10-5-17-44-33)31-21-42(26-9-4-8-25(38)18-26)41-36(31)28-16-14-24-12-11-22-6-3-7-23-13-15-27(28)35(24)34(22)23/h3-19,21H,2H2,1H3. The average molecular weight is 591 g/mol. The van der Waals surface area contributed by atoms with Gasteiger partial charge in [0.1, 0.15) is 23.0 Å². The van der Waals surface area contributed by atoms with Crippen LogP contribution in [-0.2, 0) is 0 Å². The van der Waals surface area contributed by atoms with Gasteiger partial charge in [-0.25, -0.2) is 9.67 Å². The number of hydrogen-bond acceptors (Lipinski definition) is 5. The molecule has 0 saturated heterocycles. The van der Waals surface area contributed by atoms with Gasteiger partial charge in [-0.1, -0.05) is 72.3 Å². The molecule has 210 valence electrons. The van der Waals surface area contributed by atoms with Crippen LogP contribution in [0.2, 0.25) is 5.02 Å². The summed E-state index contributed by atoms with van der Waals surface area (Å²) in [7, 11) is 0. The average Bonchev–Trinajstić information content (AvgIpc) is 3.75. The van der Waals surface area contributed by atoms with Crippen molar-refractivity contribution in [1.82, 2.24) is 14.8 Å². The van der Waals surface area contributed by atoms with Crippen LogP contribution in [-0.4, -0.2) is 21.4 Å². The van der Waals surface area contributed by atoms with Gasteiger partial charge < -0.3 is 9.15 Å². The van der Waals surface area contributed by atoms with Crippen molar-refractivity contribution in [3.05, 3.63) is 120 Å². The van der Waals surface area contributed by atoms with E-state index in [0.29, 0.717) is 34.2 Å². The summed E-state index contributed by atoms with van der Waals surface area (Å²) in [6, 6.07) is 34.7. The van der Waals surface area contributed by atoms with E-state index < -0.39 is 0 Å². The third kappa shape index (κ3) is 4.10. The number of aromatic nitrogens is 3. The van der Waals surface area contributed by atoms with E-state index in [-0.39, 0.29) is 5.88 Å². The fourth-order valence-electron chi connectivity index (χ4n) is 6.10. The molecule has 3 heterocycles. The van der Waals surface area contributed by atoms with Crippen LogP contribution in [0.4, 0.5) is 0 Å². The number of ether oxygens (including phenoxy) is 1. The van der Waals surface area contributed by atoms with Crippen LogP contribution >= 0.6 is 11.6 Å².